The number of hydrogen-bond donors (Lipinski definition) is 12. The SMILES string of the molecule is C=CCCCCCCCCC1C2CC(C(O)C(O)C2O)C(CCCCCCCCC=C)C2CC(C(O)C(O)C2O)C(CCCCCCCCC=C)C2CC(C(O)C(O)C2O)C(CCCCCCCCC=C)C2CC1C(O)C(O)C2O. The fourth-order valence-corrected chi connectivity index (χ4v) is 17.1. The highest BCUT2D eigenvalue weighted by molar-refractivity contribution is 5.09. The monoisotopic (exact) mass is 1130 g/mol. The number of unbranched alkanes of at least 4 members (excludes halogenated alkanes) is 24. The molecule has 5 fully saturated rings. The van der Waals surface area contributed by atoms with Crippen LogP contribution in [0.25, 0.3) is 0 Å². The van der Waals surface area contributed by atoms with Gasteiger partial charge in [0.2, 0.25) is 0 Å². The maximum Gasteiger partial charge on any atom is 0.106 e. The lowest BCUT2D eigenvalue weighted by atomic mass is 9.52. The zero-order valence-corrected chi connectivity index (χ0v) is 49.8. The first-order valence-corrected chi connectivity index (χ1v) is 33.3. The number of aliphatic hydroxyl groups excluding tert-OH is 12. The molecule has 0 aromatic heterocycles. The van der Waals surface area contributed by atoms with Gasteiger partial charge < -0.3 is 61.3 Å². The largest absolute Gasteiger partial charge is 0.390 e. The summed E-state index contributed by atoms with van der Waals surface area (Å²) in [5.41, 5.74) is 0. The first kappa shape index (κ1) is 69.3. The standard InChI is InChI=1S/C68H120O12/c1-5-9-13-17-21-25-29-33-37-45-49-41-51(59(71)65(77)57(49)69)46(38-34-30-26-22-18-14-10-6-2)53-43-55(63(75)67(79)61(53)73)48(40-36-32-28-24-20-16-12-8-4)56-44-54(62(74)68(80)64(56)76)47(39-35-31-27-23-19-15-11-7-3)52-42-50(45)58(70)66(78)60(52)72/h5-8,45-80H,1-4,9-44H2. The average Bonchev–Trinajstić information content (AvgIpc) is 3.54. The minimum absolute atomic E-state index is 0.262. The summed E-state index contributed by atoms with van der Waals surface area (Å²) in [6.07, 6.45) is 21.1. The molecular weight excluding hydrogens is 1010 g/mol. The summed E-state index contributed by atoms with van der Waals surface area (Å²) < 4.78 is 0. The summed E-state index contributed by atoms with van der Waals surface area (Å²) in [5.74, 6) is -7.03. The summed E-state index contributed by atoms with van der Waals surface area (Å²) in [6.45, 7) is 15.5. The third kappa shape index (κ3) is 19.2. The highest BCUT2D eigenvalue weighted by atomic mass is 16.4. The van der Waals surface area contributed by atoms with E-state index < -0.39 is 144 Å². The van der Waals surface area contributed by atoms with Gasteiger partial charge in [0.25, 0.3) is 0 Å². The smallest absolute Gasteiger partial charge is 0.106 e. The van der Waals surface area contributed by atoms with Crippen molar-refractivity contribution in [2.75, 3.05) is 0 Å². The molecule has 0 saturated heterocycles. The predicted molar refractivity (Wildman–Crippen MR) is 321 cm³/mol. The van der Waals surface area contributed by atoms with Gasteiger partial charge in [0.15, 0.2) is 0 Å². The number of aliphatic hydroxyl groups is 12. The van der Waals surface area contributed by atoms with Crippen LogP contribution in [-0.4, -0.2) is 135 Å². The van der Waals surface area contributed by atoms with Gasteiger partial charge >= 0.3 is 0 Å². The van der Waals surface area contributed by atoms with Crippen LogP contribution in [0.5, 0.6) is 0 Å². The molecule has 0 amide bonds. The van der Waals surface area contributed by atoms with Crippen LogP contribution in [0.3, 0.4) is 0 Å². The summed E-state index contributed by atoms with van der Waals surface area (Å²) >= 11 is 0. The van der Waals surface area contributed by atoms with E-state index in [2.05, 4.69) is 26.3 Å². The minimum atomic E-state index is -1.56. The van der Waals surface area contributed by atoms with Crippen molar-refractivity contribution in [3.63, 3.8) is 0 Å². The molecule has 12 heteroatoms. The molecule has 464 valence electrons. The lowest BCUT2D eigenvalue weighted by Gasteiger charge is -2.56. The Kier molecular flexibility index (Phi) is 32.1. The van der Waals surface area contributed by atoms with Gasteiger partial charge in [0, 0.05) is 0 Å². The van der Waals surface area contributed by atoms with E-state index in [9.17, 15) is 61.3 Å². The molecular formula is C68H120O12. The van der Waals surface area contributed by atoms with Gasteiger partial charge in [-0.2, -0.15) is 0 Å². The van der Waals surface area contributed by atoms with E-state index in [1.807, 2.05) is 24.3 Å². The predicted octanol–water partition coefficient (Wildman–Crippen LogP) is 10.6. The van der Waals surface area contributed by atoms with Gasteiger partial charge in [0.05, 0.1) is 48.8 Å². The molecule has 5 rings (SSSR count). The van der Waals surface area contributed by atoms with Crippen molar-refractivity contribution in [1.82, 2.24) is 0 Å². The van der Waals surface area contributed by atoms with E-state index in [4.69, 9.17) is 0 Å². The van der Waals surface area contributed by atoms with Gasteiger partial charge in [0.1, 0.15) is 24.4 Å². The van der Waals surface area contributed by atoms with Gasteiger partial charge in [-0.15, -0.1) is 26.3 Å². The van der Waals surface area contributed by atoms with Crippen molar-refractivity contribution >= 4 is 0 Å². The Labute approximate surface area is 485 Å². The number of rotatable bonds is 36. The molecule has 12 nitrogen and oxygen atoms in total. The number of hydrogen-bond acceptors (Lipinski definition) is 12. The van der Waals surface area contributed by atoms with Gasteiger partial charge in [-0.25, -0.2) is 0 Å². The Morgan fingerprint density at radius 3 is 0.487 bits per heavy atom. The summed E-state index contributed by atoms with van der Waals surface area (Å²) in [5, 5.41) is 148. The molecule has 16 unspecified atom stereocenters. The number of allylic oxidation sites excluding steroid dienone is 4. The van der Waals surface area contributed by atoms with E-state index in [0.29, 0.717) is 25.7 Å². The molecule has 0 radical (unpaired) electrons. The number of fused-ring (bicyclic) bond motifs is 8. The Morgan fingerprint density at radius 1 is 0.200 bits per heavy atom. The van der Waals surface area contributed by atoms with Crippen LogP contribution in [0.15, 0.2) is 50.6 Å². The van der Waals surface area contributed by atoms with Crippen LogP contribution in [0.1, 0.15) is 231 Å². The molecule has 0 aromatic carbocycles. The summed E-state index contributed by atoms with van der Waals surface area (Å²) in [7, 11) is 0. The molecule has 80 heavy (non-hydrogen) atoms. The van der Waals surface area contributed by atoms with Crippen molar-refractivity contribution < 1.29 is 61.3 Å². The minimum Gasteiger partial charge on any atom is -0.390 e. The van der Waals surface area contributed by atoms with Crippen molar-refractivity contribution in [2.45, 2.75) is 304 Å². The first-order valence-electron chi connectivity index (χ1n) is 33.3. The summed E-state index contributed by atoms with van der Waals surface area (Å²) in [6, 6.07) is 0. The zero-order valence-electron chi connectivity index (χ0n) is 49.8. The maximum atomic E-state index is 12.4. The van der Waals surface area contributed by atoms with Crippen LogP contribution in [0, 0.1) is 71.0 Å². The lowest BCUT2D eigenvalue weighted by molar-refractivity contribution is -0.218. The van der Waals surface area contributed by atoms with E-state index in [1.54, 1.807) is 0 Å². The Hall–Kier alpha value is -1.52. The highest BCUT2D eigenvalue weighted by Crippen LogP contribution is 2.56. The molecule has 0 aromatic rings. The van der Waals surface area contributed by atoms with E-state index >= 15 is 0 Å². The zero-order chi connectivity index (χ0) is 58.1. The topological polar surface area (TPSA) is 243 Å². The van der Waals surface area contributed by atoms with Crippen LogP contribution in [0.2, 0.25) is 0 Å². The van der Waals surface area contributed by atoms with Crippen LogP contribution >= 0.6 is 0 Å². The van der Waals surface area contributed by atoms with Gasteiger partial charge in [-0.3, -0.25) is 0 Å². The van der Waals surface area contributed by atoms with Crippen molar-refractivity contribution in [1.29, 1.82) is 0 Å². The lowest BCUT2D eigenvalue weighted by Crippen LogP contribution is -2.63. The van der Waals surface area contributed by atoms with Crippen molar-refractivity contribution in [3.05, 3.63) is 50.6 Å². The van der Waals surface area contributed by atoms with Crippen molar-refractivity contribution in [2.24, 2.45) is 71.0 Å². The second-order valence-corrected chi connectivity index (χ2v) is 26.7. The van der Waals surface area contributed by atoms with Crippen LogP contribution in [0.4, 0.5) is 0 Å². The maximum absolute atomic E-state index is 12.4. The molecule has 0 spiro atoms. The second-order valence-electron chi connectivity index (χ2n) is 26.7. The molecule has 8 bridgehead atoms. The fraction of sp³-hybridized carbons (Fsp3) is 0.882. The molecule has 5 aliphatic rings. The molecule has 5 saturated carbocycles. The Balaban J connectivity index is 1.65. The molecule has 12 N–H and O–H groups in total. The third-order valence-electron chi connectivity index (χ3n) is 21.7. The quantitative estimate of drug-likeness (QED) is 0.0207. The van der Waals surface area contributed by atoms with E-state index in [1.165, 1.54) is 0 Å². The molecule has 0 heterocycles. The van der Waals surface area contributed by atoms with Crippen LogP contribution in [-0.2, 0) is 0 Å². The fourth-order valence-electron chi connectivity index (χ4n) is 17.1. The molecule has 5 aliphatic carbocycles. The average molecular weight is 1130 g/mol. The van der Waals surface area contributed by atoms with Crippen molar-refractivity contribution in [3.8, 4) is 0 Å². The second kappa shape index (κ2) is 37.1. The summed E-state index contributed by atoms with van der Waals surface area (Å²) in [4.78, 5) is 0. The van der Waals surface area contributed by atoms with E-state index in [0.717, 1.165) is 180 Å². The molecule has 0 aliphatic heterocycles. The molecule has 16 atom stereocenters. The van der Waals surface area contributed by atoms with Gasteiger partial charge in [-0.1, -0.05) is 153 Å². The van der Waals surface area contributed by atoms with Gasteiger partial charge in [-0.05, 0) is 174 Å². The van der Waals surface area contributed by atoms with Crippen LogP contribution < -0.4 is 0 Å². The van der Waals surface area contributed by atoms with E-state index in [-0.39, 0.29) is 25.7 Å². The first-order chi connectivity index (χ1) is 38.7. The Morgan fingerprint density at radius 2 is 0.338 bits per heavy atom. The highest BCUT2D eigenvalue weighted by Gasteiger charge is 2.59. The Bertz CT molecular complexity index is 1390. The third-order valence-corrected chi connectivity index (χ3v) is 21.7. The normalized spacial score (nSPS) is 39.4.